The second-order valence-corrected chi connectivity index (χ2v) is 7.05. The molecule has 0 bridgehead atoms. The molecule has 31 heavy (non-hydrogen) atoms. The van der Waals surface area contributed by atoms with Crippen LogP contribution in [-0.2, 0) is 11.2 Å². The van der Waals surface area contributed by atoms with E-state index in [1.54, 1.807) is 36.4 Å². The Balaban J connectivity index is 1.61. The van der Waals surface area contributed by atoms with Crippen molar-refractivity contribution in [2.45, 2.75) is 12.3 Å². The quantitative estimate of drug-likeness (QED) is 0.504. The number of amides is 1. The van der Waals surface area contributed by atoms with E-state index >= 15 is 0 Å². The van der Waals surface area contributed by atoms with Crippen LogP contribution in [0.4, 0.5) is 10.1 Å². The van der Waals surface area contributed by atoms with Crippen LogP contribution in [0.5, 0.6) is 0 Å². The molecule has 0 aliphatic heterocycles. The van der Waals surface area contributed by atoms with E-state index in [1.807, 2.05) is 0 Å². The van der Waals surface area contributed by atoms with Gasteiger partial charge in [0.1, 0.15) is 11.5 Å². The fourth-order valence-corrected chi connectivity index (χ4v) is 3.61. The summed E-state index contributed by atoms with van der Waals surface area (Å²) in [5.74, 6) is -2.07. The van der Waals surface area contributed by atoms with Crippen molar-refractivity contribution >= 4 is 23.1 Å². The smallest absolute Gasteiger partial charge is 0.271 e. The average molecular weight is 417 g/mol. The fraction of sp³-hybridized carbons (Fsp3) is 0.0870. The van der Waals surface area contributed by atoms with Crippen molar-refractivity contribution in [2.75, 3.05) is 0 Å². The van der Waals surface area contributed by atoms with Gasteiger partial charge in [-0.2, -0.15) is 5.10 Å². The van der Waals surface area contributed by atoms with Crippen molar-refractivity contribution in [3.8, 4) is 0 Å². The van der Waals surface area contributed by atoms with Gasteiger partial charge in [-0.15, -0.1) is 0 Å². The molecule has 1 amide bonds. The molecule has 0 saturated heterocycles. The largest absolute Gasteiger partial charge is 0.292 e. The maximum Gasteiger partial charge on any atom is 0.271 e. The molecule has 1 aliphatic carbocycles. The SMILES string of the molecule is O=C(N/N=C1/C(=O)[C@@H](Cc2cccc([N+](=O)[O-])c2)c2ccccc21)c1cccc(F)c1. The number of non-ortho nitro benzene ring substituents is 1. The number of carbonyl (C=O) groups is 2. The number of fused-ring (bicyclic) bond motifs is 1. The van der Waals surface area contributed by atoms with Gasteiger partial charge >= 0.3 is 0 Å². The van der Waals surface area contributed by atoms with Gasteiger partial charge in [0.2, 0.25) is 0 Å². The number of nitrogens with zero attached hydrogens (tertiary/aromatic N) is 2. The van der Waals surface area contributed by atoms with Crippen molar-refractivity contribution in [1.82, 2.24) is 5.43 Å². The first-order valence-electron chi connectivity index (χ1n) is 9.44. The minimum Gasteiger partial charge on any atom is -0.292 e. The van der Waals surface area contributed by atoms with Gasteiger partial charge in [0.15, 0.2) is 5.78 Å². The number of carbonyl (C=O) groups excluding carboxylic acids is 2. The van der Waals surface area contributed by atoms with Crippen molar-refractivity contribution in [2.24, 2.45) is 5.10 Å². The Morgan fingerprint density at radius 1 is 1.06 bits per heavy atom. The van der Waals surface area contributed by atoms with E-state index in [4.69, 9.17) is 0 Å². The summed E-state index contributed by atoms with van der Waals surface area (Å²) >= 11 is 0. The lowest BCUT2D eigenvalue weighted by Gasteiger charge is -2.09. The highest BCUT2D eigenvalue weighted by molar-refractivity contribution is 6.51. The Morgan fingerprint density at radius 3 is 2.61 bits per heavy atom. The van der Waals surface area contributed by atoms with E-state index in [1.165, 1.54) is 30.3 Å². The third kappa shape index (κ3) is 4.09. The zero-order chi connectivity index (χ0) is 22.0. The Labute approximate surface area is 176 Å². The molecule has 1 atom stereocenters. The van der Waals surface area contributed by atoms with Crippen LogP contribution in [0.15, 0.2) is 77.9 Å². The molecule has 4 rings (SSSR count). The van der Waals surface area contributed by atoms with Crippen LogP contribution < -0.4 is 5.43 Å². The van der Waals surface area contributed by atoms with E-state index in [2.05, 4.69) is 10.5 Å². The van der Waals surface area contributed by atoms with Crippen molar-refractivity contribution in [1.29, 1.82) is 0 Å². The molecule has 3 aromatic rings. The van der Waals surface area contributed by atoms with E-state index in [0.29, 0.717) is 11.1 Å². The summed E-state index contributed by atoms with van der Waals surface area (Å²) in [6, 6.07) is 18.3. The van der Waals surface area contributed by atoms with Gasteiger partial charge in [-0.3, -0.25) is 19.7 Å². The molecule has 0 unspecified atom stereocenters. The number of benzene rings is 3. The number of hydrazone groups is 1. The molecule has 0 aromatic heterocycles. The van der Waals surface area contributed by atoms with E-state index < -0.39 is 22.6 Å². The lowest BCUT2D eigenvalue weighted by Crippen LogP contribution is -2.23. The summed E-state index contributed by atoms with van der Waals surface area (Å²) in [5.41, 5.74) is 4.41. The standard InChI is InChI=1S/C23H16FN3O4/c24-16-7-4-6-15(13-16)23(29)26-25-21-19-10-2-1-9-18(19)20(22(21)28)12-14-5-3-8-17(11-14)27(30)31/h1-11,13,20H,12H2,(H,26,29)/b25-21+/t20-/m0/s1. The predicted molar refractivity (Wildman–Crippen MR) is 111 cm³/mol. The van der Waals surface area contributed by atoms with Gasteiger partial charge in [0, 0.05) is 23.3 Å². The molecule has 0 saturated carbocycles. The van der Waals surface area contributed by atoms with E-state index in [9.17, 15) is 24.1 Å². The molecule has 1 aliphatic rings. The van der Waals surface area contributed by atoms with Gasteiger partial charge in [0.05, 0.1) is 10.8 Å². The Kier molecular flexibility index (Phi) is 5.36. The first-order valence-corrected chi connectivity index (χ1v) is 9.44. The third-order valence-electron chi connectivity index (χ3n) is 5.06. The summed E-state index contributed by atoms with van der Waals surface area (Å²) in [5, 5.41) is 15.1. The molecule has 7 nitrogen and oxygen atoms in total. The predicted octanol–water partition coefficient (Wildman–Crippen LogP) is 3.78. The summed E-state index contributed by atoms with van der Waals surface area (Å²) in [4.78, 5) is 36.0. The molecule has 0 fully saturated rings. The summed E-state index contributed by atoms with van der Waals surface area (Å²) in [7, 11) is 0. The molecular formula is C23H16FN3O4. The van der Waals surface area contributed by atoms with Crippen LogP contribution in [0.25, 0.3) is 0 Å². The van der Waals surface area contributed by atoms with Crippen LogP contribution in [0, 0.1) is 15.9 Å². The number of nitrogens with one attached hydrogen (secondary N) is 1. The number of Topliss-reactive ketones (excluding diaryl/α,β-unsaturated/α-hetero) is 1. The number of nitro groups is 1. The van der Waals surface area contributed by atoms with Gasteiger partial charge in [-0.05, 0) is 35.7 Å². The van der Waals surface area contributed by atoms with Gasteiger partial charge < -0.3 is 0 Å². The maximum absolute atomic E-state index is 13.4. The summed E-state index contributed by atoms with van der Waals surface area (Å²) < 4.78 is 13.4. The fourth-order valence-electron chi connectivity index (χ4n) is 3.61. The number of halogens is 1. The summed E-state index contributed by atoms with van der Waals surface area (Å²) in [6.07, 6.45) is 0.258. The zero-order valence-electron chi connectivity index (χ0n) is 16.1. The molecule has 0 heterocycles. The zero-order valence-corrected chi connectivity index (χ0v) is 16.1. The van der Waals surface area contributed by atoms with Crippen molar-refractivity contribution < 1.29 is 18.9 Å². The van der Waals surface area contributed by atoms with Gasteiger partial charge in [-0.1, -0.05) is 42.5 Å². The highest BCUT2D eigenvalue weighted by Crippen LogP contribution is 2.34. The highest BCUT2D eigenvalue weighted by Gasteiger charge is 2.36. The van der Waals surface area contributed by atoms with Crippen molar-refractivity contribution in [3.63, 3.8) is 0 Å². The molecule has 0 spiro atoms. The number of hydrogen-bond donors (Lipinski definition) is 1. The number of hydrogen-bond acceptors (Lipinski definition) is 5. The second-order valence-electron chi connectivity index (χ2n) is 7.05. The van der Waals surface area contributed by atoms with E-state index in [-0.39, 0.29) is 29.2 Å². The van der Waals surface area contributed by atoms with Crippen LogP contribution in [0.3, 0.4) is 0 Å². The molecule has 0 radical (unpaired) electrons. The lowest BCUT2D eigenvalue weighted by molar-refractivity contribution is -0.384. The number of ketones is 1. The summed E-state index contributed by atoms with van der Waals surface area (Å²) in [6.45, 7) is 0. The average Bonchev–Trinajstić information content (AvgIpc) is 3.03. The van der Waals surface area contributed by atoms with Gasteiger partial charge in [-0.25, -0.2) is 9.82 Å². The Morgan fingerprint density at radius 2 is 1.84 bits per heavy atom. The number of nitro benzene ring substituents is 1. The normalized spacial score (nSPS) is 16.2. The maximum atomic E-state index is 13.4. The first-order chi connectivity index (χ1) is 14.9. The minimum absolute atomic E-state index is 0.0486. The first kappa shape index (κ1) is 20.1. The Hall–Kier alpha value is -4.20. The van der Waals surface area contributed by atoms with Crippen LogP contribution >= 0.6 is 0 Å². The Bertz CT molecular complexity index is 1240. The third-order valence-corrected chi connectivity index (χ3v) is 5.06. The second kappa shape index (κ2) is 8.27. The van der Waals surface area contributed by atoms with E-state index in [0.717, 1.165) is 11.6 Å². The minimum atomic E-state index is -0.639. The van der Waals surface area contributed by atoms with Gasteiger partial charge in [0.25, 0.3) is 11.6 Å². The molecule has 154 valence electrons. The monoisotopic (exact) mass is 417 g/mol. The highest BCUT2D eigenvalue weighted by atomic mass is 19.1. The molecule has 1 N–H and O–H groups in total. The molecular weight excluding hydrogens is 401 g/mol. The molecule has 8 heteroatoms. The topological polar surface area (TPSA) is 102 Å². The lowest BCUT2D eigenvalue weighted by atomic mass is 9.93. The van der Waals surface area contributed by atoms with Crippen LogP contribution in [0.2, 0.25) is 0 Å². The van der Waals surface area contributed by atoms with Crippen LogP contribution in [0.1, 0.15) is 33.0 Å². The van der Waals surface area contributed by atoms with Crippen LogP contribution in [-0.4, -0.2) is 22.3 Å². The number of rotatable bonds is 5. The molecule has 3 aromatic carbocycles. The van der Waals surface area contributed by atoms with Crippen molar-refractivity contribution in [3.05, 3.63) is 111 Å².